The lowest BCUT2D eigenvalue weighted by Gasteiger charge is -2.27. The molecule has 5 rings (SSSR count). The summed E-state index contributed by atoms with van der Waals surface area (Å²) in [6, 6.07) is 5.69. The first-order chi connectivity index (χ1) is 14.6. The van der Waals surface area contributed by atoms with Gasteiger partial charge >= 0.3 is 0 Å². The lowest BCUT2D eigenvalue weighted by Crippen LogP contribution is -2.44. The highest BCUT2D eigenvalue weighted by Gasteiger charge is 2.66. The first-order valence-electron chi connectivity index (χ1n) is 10.1. The molecule has 2 bridgehead atoms. The van der Waals surface area contributed by atoms with Crippen LogP contribution in [0.4, 0.5) is 0 Å². The summed E-state index contributed by atoms with van der Waals surface area (Å²) in [5.41, 5.74) is 1.20. The Balaban J connectivity index is 1.31. The Hall–Kier alpha value is -3.13. The zero-order valence-electron chi connectivity index (χ0n) is 16.7. The average molecular weight is 405 g/mol. The zero-order chi connectivity index (χ0) is 20.7. The summed E-state index contributed by atoms with van der Waals surface area (Å²) in [5, 5.41) is 0. The maximum Gasteiger partial charge on any atom is 0.230 e. The summed E-state index contributed by atoms with van der Waals surface area (Å²) in [5.74, 6) is -1.05. The molecule has 5 heterocycles. The highest BCUT2D eigenvalue weighted by molar-refractivity contribution is 5.93. The third kappa shape index (κ3) is 3.08. The van der Waals surface area contributed by atoms with E-state index in [2.05, 4.69) is 15.0 Å². The monoisotopic (exact) mass is 405 g/mol. The molecule has 30 heavy (non-hydrogen) atoms. The fourth-order valence-corrected chi connectivity index (χ4v) is 4.85. The van der Waals surface area contributed by atoms with Gasteiger partial charge in [-0.15, -0.1) is 0 Å². The van der Waals surface area contributed by atoms with Crippen LogP contribution in [0, 0.1) is 11.8 Å². The quantitative estimate of drug-likeness (QED) is 0.663. The van der Waals surface area contributed by atoms with Crippen molar-refractivity contribution in [2.75, 3.05) is 20.1 Å². The normalized spacial score (nSPS) is 28.8. The lowest BCUT2D eigenvalue weighted by atomic mass is 9.76. The summed E-state index contributed by atoms with van der Waals surface area (Å²) < 4.78 is 6.21. The van der Waals surface area contributed by atoms with E-state index in [0.717, 1.165) is 17.7 Å². The smallest absolute Gasteiger partial charge is 0.230 e. The number of aromatic nitrogens is 3. The van der Waals surface area contributed by atoms with E-state index in [-0.39, 0.29) is 17.9 Å². The number of carbonyl (C=O) groups excluding carboxylic acids is 2. The number of hydrogen-bond donors (Lipinski definition) is 0. The Kier molecular flexibility index (Phi) is 4.58. The van der Waals surface area contributed by atoms with Crippen molar-refractivity contribution < 1.29 is 14.3 Å². The van der Waals surface area contributed by atoms with E-state index >= 15 is 0 Å². The summed E-state index contributed by atoms with van der Waals surface area (Å²) in [6.45, 7) is 1.46. The number of likely N-dealkylation sites (tertiary alicyclic amines) is 1. The van der Waals surface area contributed by atoms with Gasteiger partial charge in [0, 0.05) is 32.2 Å². The van der Waals surface area contributed by atoms with Crippen molar-refractivity contribution in [2.24, 2.45) is 11.8 Å². The van der Waals surface area contributed by atoms with Gasteiger partial charge in [-0.1, -0.05) is 12.2 Å². The third-order valence-electron chi connectivity index (χ3n) is 6.30. The van der Waals surface area contributed by atoms with Crippen molar-refractivity contribution >= 4 is 11.8 Å². The first kappa shape index (κ1) is 18.9. The number of carbonyl (C=O) groups is 2. The van der Waals surface area contributed by atoms with Gasteiger partial charge < -0.3 is 14.5 Å². The number of amides is 2. The second-order valence-corrected chi connectivity index (χ2v) is 8.16. The molecule has 0 unspecified atom stereocenters. The van der Waals surface area contributed by atoms with Crippen LogP contribution in [-0.2, 0) is 27.3 Å². The number of nitrogens with zero attached hydrogens (tertiary/aromatic N) is 5. The number of ether oxygens (including phenoxy) is 1. The molecule has 4 atom stereocenters. The van der Waals surface area contributed by atoms with Crippen LogP contribution in [0.5, 0.6) is 0 Å². The molecule has 0 aliphatic carbocycles. The molecule has 2 amide bonds. The van der Waals surface area contributed by atoms with Crippen LogP contribution in [0.3, 0.4) is 0 Å². The molecule has 3 aliphatic rings. The maximum atomic E-state index is 13.3. The molecule has 8 heteroatoms. The van der Waals surface area contributed by atoms with E-state index in [1.807, 2.05) is 29.2 Å². The van der Waals surface area contributed by atoms with Gasteiger partial charge in [0.05, 0.1) is 36.7 Å². The van der Waals surface area contributed by atoms with E-state index in [1.54, 1.807) is 36.6 Å². The standard InChI is InChI=1S/C22H23N5O3/c1-26(12-16-5-10-24-14-25-16)20(28)18-17-2-7-22(30-17)13-27(21(29)19(18)22)11-6-15-3-8-23-9-4-15/h2-5,7-10,14,17-19H,6,11-13H2,1H3/t17-,18+,19-,22-/m0/s1. The van der Waals surface area contributed by atoms with Crippen molar-refractivity contribution in [2.45, 2.75) is 24.7 Å². The Morgan fingerprint density at radius 1 is 1.27 bits per heavy atom. The third-order valence-corrected chi connectivity index (χ3v) is 6.30. The minimum absolute atomic E-state index is 0.00434. The minimum atomic E-state index is -0.684. The maximum absolute atomic E-state index is 13.3. The van der Waals surface area contributed by atoms with Crippen molar-refractivity contribution in [3.63, 3.8) is 0 Å². The Labute approximate surface area is 174 Å². The van der Waals surface area contributed by atoms with E-state index in [9.17, 15) is 9.59 Å². The molecule has 2 aromatic heterocycles. The average Bonchev–Trinajstić information content (AvgIpc) is 3.41. The molecule has 2 fully saturated rings. The molecule has 3 aliphatic heterocycles. The molecule has 2 aromatic rings. The molecule has 8 nitrogen and oxygen atoms in total. The second kappa shape index (κ2) is 7.28. The van der Waals surface area contributed by atoms with E-state index in [0.29, 0.717) is 19.6 Å². The minimum Gasteiger partial charge on any atom is -0.360 e. The van der Waals surface area contributed by atoms with Crippen molar-refractivity contribution in [1.29, 1.82) is 0 Å². The predicted molar refractivity (Wildman–Crippen MR) is 107 cm³/mol. The Morgan fingerprint density at radius 2 is 2.07 bits per heavy atom. The van der Waals surface area contributed by atoms with Crippen LogP contribution in [0.25, 0.3) is 0 Å². The van der Waals surface area contributed by atoms with Crippen LogP contribution in [0.1, 0.15) is 11.3 Å². The predicted octanol–water partition coefficient (Wildman–Crippen LogP) is 0.855. The first-order valence-corrected chi connectivity index (χ1v) is 10.1. The number of pyridine rings is 1. The van der Waals surface area contributed by atoms with Crippen molar-refractivity contribution in [1.82, 2.24) is 24.8 Å². The van der Waals surface area contributed by atoms with Gasteiger partial charge in [-0.3, -0.25) is 14.6 Å². The SMILES string of the molecule is CN(Cc1ccncn1)C(=O)[C@@H]1[C@@H]2C=C[C@@]3(CN(CCc4ccncc4)C(=O)[C@H]13)O2. The van der Waals surface area contributed by atoms with Gasteiger partial charge in [0.2, 0.25) is 11.8 Å². The van der Waals surface area contributed by atoms with Crippen LogP contribution < -0.4 is 0 Å². The molecule has 0 aromatic carbocycles. The highest BCUT2D eigenvalue weighted by atomic mass is 16.5. The van der Waals surface area contributed by atoms with Crippen molar-refractivity contribution in [3.05, 3.63) is 66.5 Å². The van der Waals surface area contributed by atoms with Gasteiger partial charge in [-0.25, -0.2) is 9.97 Å². The van der Waals surface area contributed by atoms with E-state index < -0.39 is 17.4 Å². The van der Waals surface area contributed by atoms with Crippen molar-refractivity contribution in [3.8, 4) is 0 Å². The van der Waals surface area contributed by atoms with Crippen LogP contribution in [0.2, 0.25) is 0 Å². The highest BCUT2D eigenvalue weighted by Crippen LogP contribution is 2.52. The zero-order valence-corrected chi connectivity index (χ0v) is 16.7. The summed E-state index contributed by atoms with van der Waals surface area (Å²) >= 11 is 0. The van der Waals surface area contributed by atoms with Crippen LogP contribution in [-0.4, -0.2) is 68.4 Å². The summed E-state index contributed by atoms with van der Waals surface area (Å²) in [6.07, 6.45) is 11.0. The molecule has 0 radical (unpaired) electrons. The molecule has 1 spiro atoms. The van der Waals surface area contributed by atoms with Gasteiger partial charge in [-0.05, 0) is 30.2 Å². The van der Waals surface area contributed by atoms with Gasteiger partial charge in [0.1, 0.15) is 11.9 Å². The van der Waals surface area contributed by atoms with E-state index in [1.165, 1.54) is 6.33 Å². The van der Waals surface area contributed by atoms with Gasteiger partial charge in [0.15, 0.2) is 0 Å². The number of fused-ring (bicyclic) bond motifs is 1. The Morgan fingerprint density at radius 3 is 2.83 bits per heavy atom. The fraction of sp³-hybridized carbons (Fsp3) is 0.409. The second-order valence-electron chi connectivity index (χ2n) is 8.16. The number of hydrogen-bond acceptors (Lipinski definition) is 6. The summed E-state index contributed by atoms with van der Waals surface area (Å²) in [4.78, 5) is 42.2. The van der Waals surface area contributed by atoms with Gasteiger partial charge in [-0.2, -0.15) is 0 Å². The van der Waals surface area contributed by atoms with Gasteiger partial charge in [0.25, 0.3) is 0 Å². The largest absolute Gasteiger partial charge is 0.360 e. The molecular formula is C22H23N5O3. The number of rotatable bonds is 6. The van der Waals surface area contributed by atoms with Crippen LogP contribution in [0.15, 0.2) is 55.3 Å². The molecular weight excluding hydrogens is 382 g/mol. The summed E-state index contributed by atoms with van der Waals surface area (Å²) in [7, 11) is 1.74. The topological polar surface area (TPSA) is 88.5 Å². The molecule has 0 saturated carbocycles. The Bertz CT molecular complexity index is 983. The fourth-order valence-electron chi connectivity index (χ4n) is 4.85. The molecule has 2 saturated heterocycles. The van der Waals surface area contributed by atoms with Crippen LogP contribution >= 0.6 is 0 Å². The molecule has 0 N–H and O–H groups in total. The molecule has 154 valence electrons. The van der Waals surface area contributed by atoms with E-state index in [4.69, 9.17) is 4.74 Å². The lowest BCUT2D eigenvalue weighted by molar-refractivity contribution is -0.142.